The molecule has 39 heavy (non-hydrogen) atoms. The molecule has 0 radical (unpaired) electrons. The number of benzene rings is 1. The van der Waals surface area contributed by atoms with Crippen LogP contribution in [0.3, 0.4) is 0 Å². The minimum Gasteiger partial charge on any atom is -0.365 e. The molecule has 1 saturated heterocycles. The molecule has 1 saturated carbocycles. The quantitative estimate of drug-likeness (QED) is 0.431. The van der Waals surface area contributed by atoms with Gasteiger partial charge in [-0.2, -0.15) is 15.3 Å². The number of carbonyl (C=O) groups excluding carboxylic acids is 1. The van der Waals surface area contributed by atoms with Crippen molar-refractivity contribution in [3.05, 3.63) is 52.3 Å². The van der Waals surface area contributed by atoms with Crippen molar-refractivity contribution >= 4 is 17.5 Å². The number of nitrogens with zero attached hydrogens (tertiary/aromatic N) is 5. The van der Waals surface area contributed by atoms with Crippen LogP contribution in [0.1, 0.15) is 67.8 Å². The van der Waals surface area contributed by atoms with Gasteiger partial charge >= 0.3 is 0 Å². The molecule has 1 aromatic carbocycles. The molecule has 8 nitrogen and oxygen atoms in total. The summed E-state index contributed by atoms with van der Waals surface area (Å²) in [7, 11) is 2.01. The third-order valence-electron chi connectivity index (χ3n) is 8.61. The fourth-order valence-corrected chi connectivity index (χ4v) is 6.18. The highest BCUT2D eigenvalue weighted by molar-refractivity contribution is 6.30. The van der Waals surface area contributed by atoms with E-state index in [4.69, 9.17) is 27.9 Å². The van der Waals surface area contributed by atoms with Crippen LogP contribution in [0, 0.1) is 19.3 Å². The van der Waals surface area contributed by atoms with Gasteiger partial charge in [0.25, 0.3) is 0 Å². The Morgan fingerprint density at radius 1 is 1.21 bits per heavy atom. The summed E-state index contributed by atoms with van der Waals surface area (Å²) in [6.45, 7) is 3.74. The molecular weight excluding hydrogens is 512 g/mol. The van der Waals surface area contributed by atoms with E-state index in [0.29, 0.717) is 44.5 Å². The summed E-state index contributed by atoms with van der Waals surface area (Å²) in [6, 6.07) is 10.9. The van der Waals surface area contributed by atoms with Gasteiger partial charge in [-0.25, -0.2) is 0 Å². The van der Waals surface area contributed by atoms with Gasteiger partial charge in [0.1, 0.15) is 6.10 Å². The molecule has 1 N–H and O–H groups in total. The molecule has 1 aromatic heterocycles. The van der Waals surface area contributed by atoms with Crippen molar-refractivity contribution in [2.45, 2.75) is 88.1 Å². The standard InChI is InChI=1S/C30H39ClN6O2/c1-4-5-14-30(34-35-30)15-16-32-29(38)28-19-37(26(20-39-28)18-22-6-10-24(31)11-7-22)25-12-8-23(9-13-25)27-17-21(2)36(3)33-27/h1,6-7,10-11,17,23,25-26,28H,5,8-9,12-16,18-20H2,2-3H3,(H,32,38). The van der Waals surface area contributed by atoms with Gasteiger partial charge in [-0.3, -0.25) is 14.4 Å². The van der Waals surface area contributed by atoms with Crippen molar-refractivity contribution in [1.82, 2.24) is 20.0 Å². The molecule has 2 aromatic rings. The molecule has 0 spiro atoms. The van der Waals surface area contributed by atoms with E-state index in [-0.39, 0.29) is 11.9 Å². The summed E-state index contributed by atoms with van der Waals surface area (Å²) in [4.78, 5) is 15.7. The van der Waals surface area contributed by atoms with Crippen LogP contribution in [0.25, 0.3) is 0 Å². The van der Waals surface area contributed by atoms with Crippen LogP contribution in [-0.4, -0.2) is 64.1 Å². The fourth-order valence-electron chi connectivity index (χ4n) is 6.05. The fraction of sp³-hybridized carbons (Fsp3) is 0.600. The predicted octanol–water partition coefficient (Wildman–Crippen LogP) is 4.80. The number of halogens is 1. The SMILES string of the molecule is C#CCCC1(CCNC(=O)C2CN(C3CCC(c4cc(C)n(C)n4)CC3)C(Cc3ccc(Cl)cc3)CO2)N=N1. The van der Waals surface area contributed by atoms with Crippen molar-refractivity contribution in [2.75, 3.05) is 19.7 Å². The van der Waals surface area contributed by atoms with Gasteiger partial charge in [0, 0.05) is 68.1 Å². The molecule has 9 heteroatoms. The normalized spacial score (nSPS) is 26.2. The second-order valence-corrected chi connectivity index (χ2v) is 11.7. The molecule has 1 aliphatic carbocycles. The van der Waals surface area contributed by atoms with Gasteiger partial charge < -0.3 is 10.1 Å². The Morgan fingerprint density at radius 2 is 1.95 bits per heavy atom. The third kappa shape index (κ3) is 6.89. The number of carbonyl (C=O) groups is 1. The largest absolute Gasteiger partial charge is 0.365 e. The summed E-state index contributed by atoms with van der Waals surface area (Å²) in [5.41, 5.74) is 3.24. The van der Waals surface area contributed by atoms with Crippen LogP contribution in [-0.2, 0) is 23.0 Å². The van der Waals surface area contributed by atoms with Crippen LogP contribution in [0.4, 0.5) is 0 Å². The maximum Gasteiger partial charge on any atom is 0.250 e. The molecule has 2 unspecified atom stereocenters. The third-order valence-corrected chi connectivity index (χ3v) is 8.86. The van der Waals surface area contributed by atoms with Crippen molar-refractivity contribution in [2.24, 2.45) is 17.3 Å². The Bertz CT molecular complexity index is 1190. The number of hydrogen-bond donors (Lipinski definition) is 1. The van der Waals surface area contributed by atoms with E-state index in [1.165, 1.54) is 17.0 Å². The van der Waals surface area contributed by atoms with Crippen LogP contribution in [0.5, 0.6) is 0 Å². The zero-order valence-corrected chi connectivity index (χ0v) is 23.7. The lowest BCUT2D eigenvalue weighted by Crippen LogP contribution is -2.58. The molecule has 5 rings (SSSR count). The first-order valence-electron chi connectivity index (χ1n) is 14.1. The first kappa shape index (κ1) is 27.8. The van der Waals surface area contributed by atoms with Crippen LogP contribution in [0.2, 0.25) is 5.02 Å². The Hall–Kier alpha value is -2.73. The molecular formula is C30H39ClN6O2. The second-order valence-electron chi connectivity index (χ2n) is 11.3. The van der Waals surface area contributed by atoms with E-state index in [0.717, 1.165) is 43.5 Å². The van der Waals surface area contributed by atoms with E-state index in [2.05, 4.69) is 51.5 Å². The van der Waals surface area contributed by atoms with E-state index in [1.807, 2.05) is 23.9 Å². The maximum atomic E-state index is 13.1. The number of amides is 1. The Kier molecular flexibility index (Phi) is 8.70. The molecule has 0 bridgehead atoms. The monoisotopic (exact) mass is 550 g/mol. The van der Waals surface area contributed by atoms with Gasteiger partial charge in [-0.05, 0) is 62.8 Å². The lowest BCUT2D eigenvalue weighted by atomic mass is 9.82. The van der Waals surface area contributed by atoms with E-state index < -0.39 is 11.8 Å². The van der Waals surface area contributed by atoms with Gasteiger partial charge in [0.2, 0.25) is 5.91 Å². The maximum absolute atomic E-state index is 13.1. The number of hydrogen-bond acceptors (Lipinski definition) is 6. The lowest BCUT2D eigenvalue weighted by molar-refractivity contribution is -0.145. The average molecular weight is 551 g/mol. The summed E-state index contributed by atoms with van der Waals surface area (Å²) in [5, 5.41) is 16.9. The van der Waals surface area contributed by atoms with Gasteiger partial charge in [-0.15, -0.1) is 12.3 Å². The molecule has 2 fully saturated rings. The first-order chi connectivity index (χ1) is 18.9. The number of morpholine rings is 1. The Labute approximate surface area is 236 Å². The van der Waals surface area contributed by atoms with Crippen LogP contribution < -0.4 is 5.32 Å². The minimum atomic E-state index is -0.489. The number of nitrogens with one attached hydrogen (secondary N) is 1. The molecule has 2 aliphatic heterocycles. The minimum absolute atomic E-state index is 0.0599. The molecule has 208 valence electrons. The van der Waals surface area contributed by atoms with E-state index in [1.54, 1.807) is 0 Å². The van der Waals surface area contributed by atoms with Crippen molar-refractivity contribution in [1.29, 1.82) is 0 Å². The zero-order valence-electron chi connectivity index (χ0n) is 23.0. The second kappa shape index (κ2) is 12.2. The summed E-state index contributed by atoms with van der Waals surface area (Å²) >= 11 is 6.13. The van der Waals surface area contributed by atoms with Gasteiger partial charge in [-0.1, -0.05) is 23.7 Å². The summed E-state index contributed by atoms with van der Waals surface area (Å²) in [5.74, 6) is 3.08. The summed E-state index contributed by atoms with van der Waals surface area (Å²) in [6.07, 6.45) is 12.2. The Morgan fingerprint density at radius 3 is 2.59 bits per heavy atom. The Balaban J connectivity index is 1.21. The van der Waals surface area contributed by atoms with Crippen LogP contribution >= 0.6 is 11.6 Å². The highest BCUT2D eigenvalue weighted by atomic mass is 35.5. The van der Waals surface area contributed by atoms with Gasteiger partial charge in [0.15, 0.2) is 5.66 Å². The zero-order chi connectivity index (χ0) is 27.4. The number of rotatable bonds is 10. The predicted molar refractivity (Wildman–Crippen MR) is 152 cm³/mol. The van der Waals surface area contributed by atoms with E-state index in [9.17, 15) is 4.79 Å². The van der Waals surface area contributed by atoms with Crippen molar-refractivity contribution in [3.8, 4) is 12.3 Å². The first-order valence-corrected chi connectivity index (χ1v) is 14.5. The number of aromatic nitrogens is 2. The smallest absolute Gasteiger partial charge is 0.250 e. The average Bonchev–Trinajstić information content (AvgIpc) is 3.64. The molecule has 1 amide bonds. The number of aryl methyl sites for hydroxylation is 2. The number of ether oxygens (including phenoxy) is 1. The molecule has 2 atom stereocenters. The van der Waals surface area contributed by atoms with Crippen molar-refractivity contribution < 1.29 is 9.53 Å². The molecule has 3 heterocycles. The highest BCUT2D eigenvalue weighted by Crippen LogP contribution is 2.37. The van der Waals surface area contributed by atoms with Gasteiger partial charge in [0.05, 0.1) is 12.3 Å². The topological polar surface area (TPSA) is 84.1 Å². The van der Waals surface area contributed by atoms with Crippen molar-refractivity contribution in [3.63, 3.8) is 0 Å². The number of terminal acetylenes is 1. The highest BCUT2D eigenvalue weighted by Gasteiger charge is 2.40. The van der Waals surface area contributed by atoms with Crippen LogP contribution in [0.15, 0.2) is 40.6 Å². The summed E-state index contributed by atoms with van der Waals surface area (Å²) < 4.78 is 8.14. The molecule has 3 aliphatic rings. The lowest BCUT2D eigenvalue weighted by Gasteiger charge is -2.45. The van der Waals surface area contributed by atoms with E-state index >= 15 is 0 Å².